The molecule has 0 spiro atoms. The van der Waals surface area contributed by atoms with Crippen LogP contribution in [0.2, 0.25) is 5.31 Å². The molecule has 0 aromatic carbocycles. The molecule has 1 fully saturated rings. The molecule has 1 amide bonds. The maximum atomic E-state index is 11.4. The number of hydrogen-bond acceptors (Lipinski definition) is 1. The lowest BCUT2D eigenvalue weighted by atomic mass is 9.64. The van der Waals surface area contributed by atoms with Crippen molar-refractivity contribution < 1.29 is 4.79 Å². The van der Waals surface area contributed by atoms with Gasteiger partial charge in [0.2, 0.25) is 5.91 Å². The average Bonchev–Trinajstić information content (AvgIpc) is 2.21. The molecule has 0 N–H and O–H groups in total. The summed E-state index contributed by atoms with van der Waals surface area (Å²) in [7, 11) is 4.29. The summed E-state index contributed by atoms with van der Waals surface area (Å²) in [5.41, 5.74) is 0. The largest absolute Gasteiger partial charge is 0.343 e. The number of rotatable bonds is 1. The molecule has 2 nitrogen and oxygen atoms in total. The van der Waals surface area contributed by atoms with Gasteiger partial charge >= 0.3 is 0 Å². The highest BCUT2D eigenvalue weighted by Crippen LogP contribution is 2.41. The highest BCUT2D eigenvalue weighted by molar-refractivity contribution is 6.14. The Kier molecular flexibility index (Phi) is 3.85. The Morgan fingerprint density at radius 1 is 1.53 bits per heavy atom. The first-order valence-corrected chi connectivity index (χ1v) is 6.07. The molecular formula is C12H24BNO. The molecule has 1 aliphatic rings. The van der Waals surface area contributed by atoms with E-state index in [0.29, 0.717) is 17.3 Å². The molecule has 1 rings (SSSR count). The second-order valence-electron chi connectivity index (χ2n) is 5.94. The predicted molar refractivity (Wildman–Crippen MR) is 66.8 cm³/mol. The fourth-order valence-electron chi connectivity index (χ4n) is 2.99. The molecular weight excluding hydrogens is 185 g/mol. The van der Waals surface area contributed by atoms with E-state index in [2.05, 4.69) is 21.7 Å². The number of nitrogens with zero attached hydrogens (tertiary/aromatic N) is 1. The fourth-order valence-corrected chi connectivity index (χ4v) is 2.99. The minimum absolute atomic E-state index is 0.201. The van der Waals surface area contributed by atoms with E-state index >= 15 is 0 Å². The quantitative estimate of drug-likeness (QED) is 0.476. The van der Waals surface area contributed by atoms with E-state index < -0.39 is 0 Å². The summed E-state index contributed by atoms with van der Waals surface area (Å²) in [6.07, 6.45) is 4.94. The van der Waals surface area contributed by atoms with Crippen LogP contribution in [0.3, 0.4) is 0 Å². The second-order valence-corrected chi connectivity index (χ2v) is 5.94. The first-order valence-electron chi connectivity index (χ1n) is 6.07. The normalized spacial score (nSPS) is 37.1. The molecule has 0 aromatic rings. The van der Waals surface area contributed by atoms with Gasteiger partial charge in [-0.3, -0.25) is 4.79 Å². The first kappa shape index (κ1) is 12.6. The van der Waals surface area contributed by atoms with E-state index in [1.54, 1.807) is 6.92 Å². The standard InChI is InChI=1S/C12H24BNO/c1-9-8-12(3,13)7-5-6-11(9)14(4)10(2)15/h9,11H,5-8,13H2,1-4H3. The van der Waals surface area contributed by atoms with Crippen molar-refractivity contribution in [1.29, 1.82) is 0 Å². The van der Waals surface area contributed by atoms with Crippen LogP contribution in [-0.4, -0.2) is 31.7 Å². The Morgan fingerprint density at radius 2 is 2.13 bits per heavy atom. The monoisotopic (exact) mass is 209 g/mol. The Balaban J connectivity index is 2.71. The van der Waals surface area contributed by atoms with Gasteiger partial charge in [0.25, 0.3) is 0 Å². The number of carbonyl (C=O) groups excluding carboxylic acids is 1. The van der Waals surface area contributed by atoms with Gasteiger partial charge in [-0.25, -0.2) is 0 Å². The van der Waals surface area contributed by atoms with Gasteiger partial charge in [-0.05, 0) is 12.3 Å². The van der Waals surface area contributed by atoms with E-state index in [4.69, 9.17) is 0 Å². The summed E-state index contributed by atoms with van der Waals surface area (Å²) in [4.78, 5) is 13.3. The van der Waals surface area contributed by atoms with Crippen molar-refractivity contribution in [2.45, 2.75) is 57.8 Å². The molecule has 0 heterocycles. The Bertz CT molecular complexity index is 240. The van der Waals surface area contributed by atoms with Crippen molar-refractivity contribution in [1.82, 2.24) is 4.90 Å². The van der Waals surface area contributed by atoms with Crippen molar-refractivity contribution in [2.24, 2.45) is 5.92 Å². The molecule has 0 aliphatic heterocycles. The lowest BCUT2D eigenvalue weighted by molar-refractivity contribution is -0.130. The zero-order valence-electron chi connectivity index (χ0n) is 10.8. The molecule has 3 atom stereocenters. The van der Waals surface area contributed by atoms with Crippen molar-refractivity contribution in [3.05, 3.63) is 0 Å². The molecule has 86 valence electrons. The number of carbonyl (C=O) groups is 1. The molecule has 0 bridgehead atoms. The van der Waals surface area contributed by atoms with Crippen LogP contribution in [0, 0.1) is 5.92 Å². The number of amides is 1. The van der Waals surface area contributed by atoms with Gasteiger partial charge in [0.15, 0.2) is 0 Å². The third-order valence-corrected chi connectivity index (χ3v) is 3.88. The van der Waals surface area contributed by atoms with Crippen molar-refractivity contribution in [3.8, 4) is 0 Å². The van der Waals surface area contributed by atoms with Gasteiger partial charge in [-0.15, -0.1) is 0 Å². The maximum Gasteiger partial charge on any atom is 0.219 e. The van der Waals surface area contributed by atoms with Crippen LogP contribution in [-0.2, 0) is 4.79 Å². The molecule has 0 aromatic heterocycles. The van der Waals surface area contributed by atoms with E-state index in [1.165, 1.54) is 25.7 Å². The van der Waals surface area contributed by atoms with Gasteiger partial charge in [-0.1, -0.05) is 38.4 Å². The first-order chi connectivity index (χ1) is 6.83. The Labute approximate surface area is 94.8 Å². The Hall–Kier alpha value is -0.465. The van der Waals surface area contributed by atoms with E-state index in [1.807, 2.05) is 11.9 Å². The molecule has 1 saturated carbocycles. The zero-order chi connectivity index (χ0) is 11.6. The van der Waals surface area contributed by atoms with Crippen molar-refractivity contribution in [3.63, 3.8) is 0 Å². The van der Waals surface area contributed by atoms with Crippen LogP contribution in [0.25, 0.3) is 0 Å². The molecule has 1 aliphatic carbocycles. The lowest BCUT2D eigenvalue weighted by Gasteiger charge is -2.33. The average molecular weight is 209 g/mol. The molecule has 3 heteroatoms. The summed E-state index contributed by atoms with van der Waals surface area (Å²) in [5.74, 6) is 0.822. The van der Waals surface area contributed by atoms with Gasteiger partial charge < -0.3 is 4.90 Å². The van der Waals surface area contributed by atoms with Gasteiger partial charge in [0.1, 0.15) is 7.85 Å². The summed E-state index contributed by atoms with van der Waals surface area (Å²) >= 11 is 0. The van der Waals surface area contributed by atoms with Crippen LogP contribution in [0.4, 0.5) is 0 Å². The van der Waals surface area contributed by atoms with Crippen LogP contribution in [0.5, 0.6) is 0 Å². The van der Waals surface area contributed by atoms with Crippen LogP contribution in [0.15, 0.2) is 0 Å². The van der Waals surface area contributed by atoms with Crippen LogP contribution < -0.4 is 0 Å². The minimum atomic E-state index is 0.201. The van der Waals surface area contributed by atoms with E-state index in [9.17, 15) is 4.79 Å². The van der Waals surface area contributed by atoms with Gasteiger partial charge in [-0.2, -0.15) is 0 Å². The number of hydrogen-bond donors (Lipinski definition) is 0. The summed E-state index contributed by atoms with van der Waals surface area (Å²) in [6.45, 7) is 6.31. The van der Waals surface area contributed by atoms with Crippen molar-refractivity contribution in [2.75, 3.05) is 7.05 Å². The second kappa shape index (κ2) is 4.59. The van der Waals surface area contributed by atoms with Crippen LogP contribution >= 0.6 is 0 Å². The van der Waals surface area contributed by atoms with Crippen molar-refractivity contribution >= 4 is 13.8 Å². The topological polar surface area (TPSA) is 20.3 Å². The molecule has 15 heavy (non-hydrogen) atoms. The molecule has 3 unspecified atom stereocenters. The zero-order valence-corrected chi connectivity index (χ0v) is 10.8. The molecule has 0 radical (unpaired) electrons. The SMILES string of the molecule is BC1(C)CCCC(N(C)C(C)=O)C(C)C1. The van der Waals surface area contributed by atoms with Crippen LogP contribution in [0.1, 0.15) is 46.5 Å². The molecule has 0 saturated heterocycles. The van der Waals surface area contributed by atoms with Gasteiger partial charge in [0.05, 0.1) is 0 Å². The highest BCUT2D eigenvalue weighted by atomic mass is 16.2. The van der Waals surface area contributed by atoms with E-state index in [-0.39, 0.29) is 5.91 Å². The fraction of sp³-hybridized carbons (Fsp3) is 0.917. The smallest absolute Gasteiger partial charge is 0.219 e. The summed E-state index contributed by atoms with van der Waals surface area (Å²) in [6, 6.07) is 0.448. The maximum absolute atomic E-state index is 11.4. The van der Waals surface area contributed by atoms with Gasteiger partial charge in [0, 0.05) is 20.0 Å². The Morgan fingerprint density at radius 3 is 2.67 bits per heavy atom. The summed E-state index contributed by atoms with van der Waals surface area (Å²) in [5, 5.41) is 0.450. The van der Waals surface area contributed by atoms with E-state index in [0.717, 1.165) is 0 Å². The third kappa shape index (κ3) is 3.25. The minimum Gasteiger partial charge on any atom is -0.343 e. The predicted octanol–water partition coefficient (Wildman–Crippen LogP) is 1.86. The summed E-state index contributed by atoms with van der Waals surface area (Å²) < 4.78 is 0. The lowest BCUT2D eigenvalue weighted by Crippen LogP contribution is -2.39. The third-order valence-electron chi connectivity index (χ3n) is 3.88. The highest BCUT2D eigenvalue weighted by Gasteiger charge is 2.32.